The summed E-state index contributed by atoms with van der Waals surface area (Å²) in [5.74, 6) is -0.278. The molecule has 0 aliphatic carbocycles. The number of hydrogen-bond donors (Lipinski definition) is 1. The first-order valence-electron chi connectivity index (χ1n) is 7.76. The van der Waals surface area contributed by atoms with E-state index in [9.17, 15) is 9.59 Å². The zero-order valence-electron chi connectivity index (χ0n) is 13.4. The van der Waals surface area contributed by atoms with Crippen LogP contribution in [0.25, 0.3) is 0 Å². The molecule has 1 aliphatic rings. The van der Waals surface area contributed by atoms with Gasteiger partial charge in [0.1, 0.15) is 6.04 Å². The molecular weight excluding hydrogens is 288 g/mol. The smallest absolute Gasteiger partial charge is 0.252 e. The van der Waals surface area contributed by atoms with Crippen LogP contribution in [0.3, 0.4) is 0 Å². The Balaban J connectivity index is 1.73. The zero-order chi connectivity index (χ0) is 16.4. The van der Waals surface area contributed by atoms with Crippen molar-refractivity contribution in [2.45, 2.75) is 32.9 Å². The van der Waals surface area contributed by atoms with Gasteiger partial charge in [-0.3, -0.25) is 14.5 Å². The second kappa shape index (κ2) is 6.24. The zero-order valence-corrected chi connectivity index (χ0v) is 13.4. The molecule has 1 aliphatic heterocycles. The molecule has 4 heteroatoms. The lowest BCUT2D eigenvalue weighted by molar-refractivity contribution is -0.139. The van der Waals surface area contributed by atoms with E-state index in [1.54, 1.807) is 0 Å². The van der Waals surface area contributed by atoms with Crippen LogP contribution in [0, 0.1) is 13.8 Å². The quantitative estimate of drug-likeness (QED) is 0.883. The number of nitrogens with one attached hydrogen (secondary N) is 1. The molecule has 0 saturated carbocycles. The van der Waals surface area contributed by atoms with E-state index in [1.807, 2.05) is 56.3 Å². The molecule has 23 heavy (non-hydrogen) atoms. The van der Waals surface area contributed by atoms with Crippen LogP contribution < -0.4 is 5.32 Å². The molecule has 118 valence electrons. The second-order valence-corrected chi connectivity index (χ2v) is 6.02. The van der Waals surface area contributed by atoms with Crippen LogP contribution in [0.4, 0.5) is 5.69 Å². The van der Waals surface area contributed by atoms with E-state index in [0.717, 1.165) is 16.8 Å². The van der Waals surface area contributed by atoms with Crippen LogP contribution in [-0.2, 0) is 16.1 Å². The van der Waals surface area contributed by atoms with E-state index in [0.29, 0.717) is 6.54 Å². The Kier molecular flexibility index (Phi) is 4.15. The minimum atomic E-state index is -0.479. The lowest BCUT2D eigenvalue weighted by atomic mass is 10.1. The molecule has 1 fully saturated rings. The van der Waals surface area contributed by atoms with Gasteiger partial charge in [-0.2, -0.15) is 0 Å². The Morgan fingerprint density at radius 3 is 2.52 bits per heavy atom. The Morgan fingerprint density at radius 2 is 1.83 bits per heavy atom. The monoisotopic (exact) mass is 308 g/mol. The average molecular weight is 308 g/mol. The van der Waals surface area contributed by atoms with Crippen molar-refractivity contribution in [1.29, 1.82) is 0 Å². The number of anilines is 1. The van der Waals surface area contributed by atoms with Gasteiger partial charge in [0.25, 0.3) is 5.91 Å². The molecule has 2 amide bonds. The van der Waals surface area contributed by atoms with Crippen molar-refractivity contribution in [3.8, 4) is 0 Å². The van der Waals surface area contributed by atoms with Crippen LogP contribution in [0.1, 0.15) is 23.1 Å². The summed E-state index contributed by atoms with van der Waals surface area (Å²) >= 11 is 0. The molecule has 0 aromatic heterocycles. The van der Waals surface area contributed by atoms with Crippen molar-refractivity contribution < 1.29 is 9.59 Å². The van der Waals surface area contributed by atoms with E-state index in [-0.39, 0.29) is 18.2 Å². The highest BCUT2D eigenvalue weighted by Gasteiger charge is 2.38. The van der Waals surface area contributed by atoms with Crippen LogP contribution in [0.2, 0.25) is 0 Å². The fraction of sp³-hybridized carbons (Fsp3) is 0.263. The highest BCUT2D eigenvalue weighted by atomic mass is 16.2. The van der Waals surface area contributed by atoms with E-state index in [2.05, 4.69) is 11.4 Å². The average Bonchev–Trinajstić information content (AvgIpc) is 2.79. The first-order valence-corrected chi connectivity index (χ1v) is 7.76. The number of rotatable bonds is 4. The van der Waals surface area contributed by atoms with Crippen molar-refractivity contribution in [3.05, 3.63) is 65.2 Å². The van der Waals surface area contributed by atoms with E-state index in [4.69, 9.17) is 0 Å². The molecule has 0 bridgehead atoms. The number of imide groups is 1. The molecule has 0 radical (unpaired) electrons. The third-order valence-corrected chi connectivity index (χ3v) is 4.14. The van der Waals surface area contributed by atoms with Crippen molar-refractivity contribution in [2.24, 2.45) is 0 Å². The molecule has 2 aromatic rings. The molecule has 3 rings (SSSR count). The molecule has 0 spiro atoms. The number of hydrogen-bond acceptors (Lipinski definition) is 3. The number of likely N-dealkylation sites (tertiary alicyclic amines) is 1. The van der Waals surface area contributed by atoms with Crippen LogP contribution in [0.5, 0.6) is 0 Å². The van der Waals surface area contributed by atoms with Gasteiger partial charge < -0.3 is 5.32 Å². The summed E-state index contributed by atoms with van der Waals surface area (Å²) in [5.41, 5.74) is 4.11. The van der Waals surface area contributed by atoms with Gasteiger partial charge in [0.05, 0.1) is 13.0 Å². The summed E-state index contributed by atoms with van der Waals surface area (Å²) in [7, 11) is 0. The first-order chi connectivity index (χ1) is 11.0. The lowest BCUT2D eigenvalue weighted by Gasteiger charge is -2.17. The highest BCUT2D eigenvalue weighted by molar-refractivity contribution is 6.06. The fourth-order valence-corrected chi connectivity index (χ4v) is 2.89. The molecule has 1 N–H and O–H groups in total. The van der Waals surface area contributed by atoms with Gasteiger partial charge in [0.2, 0.25) is 5.91 Å². The normalized spacial score (nSPS) is 17.7. The number of carbonyl (C=O) groups excluding carboxylic acids is 2. The minimum Gasteiger partial charge on any atom is -0.373 e. The Bertz CT molecular complexity index is 740. The molecule has 1 saturated heterocycles. The molecule has 2 aromatic carbocycles. The van der Waals surface area contributed by atoms with Crippen LogP contribution in [-0.4, -0.2) is 22.8 Å². The maximum Gasteiger partial charge on any atom is 0.252 e. The summed E-state index contributed by atoms with van der Waals surface area (Å²) in [4.78, 5) is 26.1. The van der Waals surface area contributed by atoms with Crippen molar-refractivity contribution in [3.63, 3.8) is 0 Å². The summed E-state index contributed by atoms with van der Waals surface area (Å²) in [5, 5.41) is 3.22. The van der Waals surface area contributed by atoms with Crippen molar-refractivity contribution in [1.82, 2.24) is 4.90 Å². The second-order valence-electron chi connectivity index (χ2n) is 6.02. The first kappa shape index (κ1) is 15.3. The van der Waals surface area contributed by atoms with Gasteiger partial charge in [-0.1, -0.05) is 48.0 Å². The Labute approximate surface area is 136 Å². The largest absolute Gasteiger partial charge is 0.373 e. The van der Waals surface area contributed by atoms with E-state index in [1.165, 1.54) is 10.5 Å². The number of aryl methyl sites for hydroxylation is 2. The minimum absolute atomic E-state index is 0.124. The van der Waals surface area contributed by atoms with Gasteiger partial charge in [-0.05, 0) is 31.0 Å². The van der Waals surface area contributed by atoms with E-state index < -0.39 is 6.04 Å². The molecular formula is C19H20N2O2. The molecule has 0 unspecified atom stereocenters. The topological polar surface area (TPSA) is 49.4 Å². The van der Waals surface area contributed by atoms with Crippen LogP contribution in [0.15, 0.2) is 48.5 Å². The predicted molar refractivity (Wildman–Crippen MR) is 89.9 cm³/mol. The maximum atomic E-state index is 12.5. The Hall–Kier alpha value is -2.62. The third-order valence-electron chi connectivity index (χ3n) is 4.14. The van der Waals surface area contributed by atoms with Gasteiger partial charge in [0.15, 0.2) is 0 Å². The van der Waals surface area contributed by atoms with Gasteiger partial charge in [-0.15, -0.1) is 0 Å². The highest BCUT2D eigenvalue weighted by Crippen LogP contribution is 2.23. The van der Waals surface area contributed by atoms with Crippen molar-refractivity contribution in [2.75, 3.05) is 5.32 Å². The number of nitrogens with zero attached hydrogens (tertiary/aromatic N) is 1. The van der Waals surface area contributed by atoms with Gasteiger partial charge in [0, 0.05) is 5.69 Å². The number of carbonyl (C=O) groups is 2. The SMILES string of the molecule is Cc1ccc(N[C@H]2CC(=O)N(Cc3ccccc3)C2=O)c(C)c1. The lowest BCUT2D eigenvalue weighted by Crippen LogP contribution is -2.34. The van der Waals surface area contributed by atoms with Crippen LogP contribution >= 0.6 is 0 Å². The predicted octanol–water partition coefficient (Wildman–Crippen LogP) is 3.04. The maximum absolute atomic E-state index is 12.5. The van der Waals surface area contributed by atoms with Gasteiger partial charge in [-0.25, -0.2) is 0 Å². The standard InChI is InChI=1S/C19H20N2O2/c1-13-8-9-16(14(2)10-13)20-17-11-18(22)21(19(17)23)12-15-6-4-3-5-7-15/h3-10,17,20H,11-12H2,1-2H3/t17-/m0/s1. The summed E-state index contributed by atoms with van der Waals surface area (Å²) in [6.07, 6.45) is 0.207. The molecule has 4 nitrogen and oxygen atoms in total. The van der Waals surface area contributed by atoms with E-state index >= 15 is 0 Å². The Morgan fingerprint density at radius 1 is 1.09 bits per heavy atom. The molecule has 1 heterocycles. The summed E-state index contributed by atoms with van der Waals surface area (Å²) < 4.78 is 0. The summed E-state index contributed by atoms with van der Waals surface area (Å²) in [6, 6.07) is 15.1. The number of amides is 2. The fourth-order valence-electron chi connectivity index (χ4n) is 2.89. The summed E-state index contributed by atoms with van der Waals surface area (Å²) in [6.45, 7) is 4.37. The third kappa shape index (κ3) is 3.26. The number of benzene rings is 2. The molecule has 1 atom stereocenters. The van der Waals surface area contributed by atoms with Crippen molar-refractivity contribution >= 4 is 17.5 Å². The van der Waals surface area contributed by atoms with Gasteiger partial charge >= 0.3 is 0 Å².